The second kappa shape index (κ2) is 4.23. The van der Waals surface area contributed by atoms with E-state index in [1.165, 1.54) is 19.2 Å². The van der Waals surface area contributed by atoms with E-state index in [1.807, 2.05) is 0 Å². The molecular weight excluding hydrogens is 214 g/mol. The SMILES string of the molecule is CC1CCCC1Nc1nc[nH]c(=O)c1Cl. The molecule has 0 bridgehead atoms. The van der Waals surface area contributed by atoms with E-state index in [2.05, 4.69) is 22.2 Å². The highest BCUT2D eigenvalue weighted by atomic mass is 35.5. The lowest BCUT2D eigenvalue weighted by Gasteiger charge is -2.17. The number of aromatic nitrogens is 2. The molecule has 1 aliphatic carbocycles. The summed E-state index contributed by atoms with van der Waals surface area (Å²) in [6.07, 6.45) is 4.93. The summed E-state index contributed by atoms with van der Waals surface area (Å²) in [7, 11) is 0. The van der Waals surface area contributed by atoms with E-state index >= 15 is 0 Å². The lowest BCUT2D eigenvalue weighted by atomic mass is 10.1. The number of hydrogen-bond donors (Lipinski definition) is 2. The first-order valence-electron chi connectivity index (χ1n) is 5.18. The van der Waals surface area contributed by atoms with Gasteiger partial charge in [0.1, 0.15) is 5.02 Å². The second-order valence-corrected chi connectivity index (χ2v) is 4.43. The van der Waals surface area contributed by atoms with E-state index < -0.39 is 0 Å². The summed E-state index contributed by atoms with van der Waals surface area (Å²) in [6, 6.07) is 0.386. The van der Waals surface area contributed by atoms with Gasteiger partial charge < -0.3 is 10.3 Å². The van der Waals surface area contributed by atoms with Gasteiger partial charge in [-0.1, -0.05) is 24.9 Å². The minimum Gasteiger partial charge on any atom is -0.366 e. The highest BCUT2D eigenvalue weighted by Gasteiger charge is 2.24. The molecule has 4 nitrogen and oxygen atoms in total. The summed E-state index contributed by atoms with van der Waals surface area (Å²) in [4.78, 5) is 17.7. The first-order valence-corrected chi connectivity index (χ1v) is 5.56. The molecule has 1 aromatic heterocycles. The fraction of sp³-hybridized carbons (Fsp3) is 0.600. The maximum absolute atomic E-state index is 11.2. The number of nitrogens with one attached hydrogen (secondary N) is 2. The van der Waals surface area contributed by atoms with E-state index in [-0.39, 0.29) is 10.6 Å². The fourth-order valence-electron chi connectivity index (χ4n) is 2.02. The van der Waals surface area contributed by atoms with Crippen LogP contribution in [0.5, 0.6) is 0 Å². The molecule has 1 fully saturated rings. The number of aromatic amines is 1. The number of halogens is 1. The molecule has 5 heteroatoms. The van der Waals surface area contributed by atoms with Crippen molar-refractivity contribution in [1.29, 1.82) is 0 Å². The molecule has 2 N–H and O–H groups in total. The second-order valence-electron chi connectivity index (χ2n) is 4.05. The Balaban J connectivity index is 2.17. The van der Waals surface area contributed by atoms with Gasteiger partial charge in [-0.2, -0.15) is 0 Å². The van der Waals surface area contributed by atoms with Crippen LogP contribution in [0.4, 0.5) is 5.82 Å². The Morgan fingerprint density at radius 2 is 2.40 bits per heavy atom. The number of rotatable bonds is 2. The molecule has 2 rings (SSSR count). The standard InChI is InChI=1S/C10H14ClN3O/c1-6-3-2-4-7(6)14-9-8(11)10(15)13-5-12-9/h5-7H,2-4H2,1H3,(H2,12,13,14,15). The minimum absolute atomic E-state index is 0.150. The van der Waals surface area contributed by atoms with Gasteiger partial charge in [-0.25, -0.2) is 4.98 Å². The largest absolute Gasteiger partial charge is 0.366 e. The van der Waals surface area contributed by atoms with Crippen LogP contribution in [-0.2, 0) is 0 Å². The van der Waals surface area contributed by atoms with Crippen molar-refractivity contribution < 1.29 is 0 Å². The summed E-state index contributed by atoms with van der Waals surface area (Å²) in [5, 5.41) is 3.39. The quantitative estimate of drug-likeness (QED) is 0.813. The Hall–Kier alpha value is -1.03. The van der Waals surface area contributed by atoms with Crippen molar-refractivity contribution in [3.63, 3.8) is 0 Å². The van der Waals surface area contributed by atoms with Gasteiger partial charge >= 0.3 is 0 Å². The maximum Gasteiger partial charge on any atom is 0.271 e. The summed E-state index contributed by atoms with van der Waals surface area (Å²) in [5.74, 6) is 1.11. The zero-order valence-electron chi connectivity index (χ0n) is 8.59. The third-order valence-corrected chi connectivity index (χ3v) is 3.33. The Bertz CT molecular complexity index is 404. The van der Waals surface area contributed by atoms with Gasteiger partial charge in [0, 0.05) is 6.04 Å². The van der Waals surface area contributed by atoms with Gasteiger partial charge in [-0.3, -0.25) is 4.79 Å². The van der Waals surface area contributed by atoms with E-state index in [0.29, 0.717) is 17.8 Å². The third kappa shape index (κ3) is 2.15. The molecule has 1 aliphatic rings. The smallest absolute Gasteiger partial charge is 0.271 e. The highest BCUT2D eigenvalue weighted by molar-refractivity contribution is 6.32. The van der Waals surface area contributed by atoms with Crippen molar-refractivity contribution in [2.75, 3.05) is 5.32 Å². The zero-order valence-corrected chi connectivity index (χ0v) is 9.34. The van der Waals surface area contributed by atoms with Crippen LogP contribution in [0.1, 0.15) is 26.2 Å². The van der Waals surface area contributed by atoms with Crippen LogP contribution in [0.3, 0.4) is 0 Å². The van der Waals surface area contributed by atoms with Crippen LogP contribution >= 0.6 is 11.6 Å². The zero-order chi connectivity index (χ0) is 10.8. The van der Waals surface area contributed by atoms with Crippen LogP contribution in [0.25, 0.3) is 0 Å². The minimum atomic E-state index is -0.292. The molecule has 1 saturated carbocycles. The van der Waals surface area contributed by atoms with Gasteiger partial charge in [-0.15, -0.1) is 0 Å². The van der Waals surface area contributed by atoms with Gasteiger partial charge in [0.05, 0.1) is 6.33 Å². The van der Waals surface area contributed by atoms with E-state index in [1.54, 1.807) is 0 Å². The molecule has 0 aromatic carbocycles. The van der Waals surface area contributed by atoms with Crippen molar-refractivity contribution in [3.8, 4) is 0 Å². The number of hydrogen-bond acceptors (Lipinski definition) is 3. The summed E-state index contributed by atoms with van der Waals surface area (Å²) in [6.45, 7) is 2.20. The number of anilines is 1. The molecule has 1 heterocycles. The number of H-pyrrole nitrogens is 1. The molecule has 0 amide bonds. The van der Waals surface area contributed by atoms with Gasteiger partial charge in [0.25, 0.3) is 5.56 Å². The van der Waals surface area contributed by atoms with E-state index in [0.717, 1.165) is 6.42 Å². The summed E-state index contributed by atoms with van der Waals surface area (Å²) >= 11 is 5.85. The number of nitrogens with zero attached hydrogens (tertiary/aromatic N) is 1. The van der Waals surface area contributed by atoms with Crippen molar-refractivity contribution >= 4 is 17.4 Å². The normalized spacial score (nSPS) is 25.5. The molecule has 0 aliphatic heterocycles. The molecule has 1 aromatic rings. The predicted octanol–water partition coefficient (Wildman–Crippen LogP) is 2.02. The Labute approximate surface area is 93.1 Å². The molecule has 2 unspecified atom stereocenters. The topological polar surface area (TPSA) is 57.8 Å². The molecule has 2 atom stereocenters. The molecule has 82 valence electrons. The molecular formula is C10H14ClN3O. The highest BCUT2D eigenvalue weighted by Crippen LogP contribution is 2.28. The molecule has 15 heavy (non-hydrogen) atoms. The summed E-state index contributed by atoms with van der Waals surface area (Å²) < 4.78 is 0. The molecule has 0 radical (unpaired) electrons. The Kier molecular flexibility index (Phi) is 2.95. The Morgan fingerprint density at radius 1 is 1.60 bits per heavy atom. The predicted molar refractivity (Wildman–Crippen MR) is 60.3 cm³/mol. The van der Waals surface area contributed by atoms with Gasteiger partial charge in [0.2, 0.25) is 0 Å². The van der Waals surface area contributed by atoms with Crippen LogP contribution in [-0.4, -0.2) is 16.0 Å². The lowest BCUT2D eigenvalue weighted by Crippen LogP contribution is -2.24. The average molecular weight is 228 g/mol. The van der Waals surface area contributed by atoms with Crippen LogP contribution < -0.4 is 10.9 Å². The monoisotopic (exact) mass is 227 g/mol. The van der Waals surface area contributed by atoms with Crippen molar-refractivity contribution in [1.82, 2.24) is 9.97 Å². The van der Waals surface area contributed by atoms with Crippen LogP contribution in [0.15, 0.2) is 11.1 Å². The Morgan fingerprint density at radius 3 is 3.07 bits per heavy atom. The first kappa shape index (κ1) is 10.5. The molecule has 0 spiro atoms. The summed E-state index contributed by atoms with van der Waals surface area (Å²) in [5.41, 5.74) is -0.292. The van der Waals surface area contributed by atoms with Gasteiger partial charge in [0.15, 0.2) is 5.82 Å². The molecule has 0 saturated heterocycles. The van der Waals surface area contributed by atoms with Crippen LogP contribution in [0, 0.1) is 5.92 Å². The van der Waals surface area contributed by atoms with E-state index in [9.17, 15) is 4.79 Å². The first-order chi connectivity index (χ1) is 7.18. The van der Waals surface area contributed by atoms with Crippen molar-refractivity contribution in [2.45, 2.75) is 32.2 Å². The van der Waals surface area contributed by atoms with Crippen LogP contribution in [0.2, 0.25) is 5.02 Å². The fourth-order valence-corrected chi connectivity index (χ4v) is 2.18. The van der Waals surface area contributed by atoms with Crippen molar-refractivity contribution in [3.05, 3.63) is 21.7 Å². The third-order valence-electron chi connectivity index (χ3n) is 2.98. The maximum atomic E-state index is 11.2. The van der Waals surface area contributed by atoms with Crippen molar-refractivity contribution in [2.24, 2.45) is 5.92 Å². The average Bonchev–Trinajstić information content (AvgIpc) is 2.60. The van der Waals surface area contributed by atoms with E-state index in [4.69, 9.17) is 11.6 Å². The lowest BCUT2D eigenvalue weighted by molar-refractivity contribution is 0.554. The van der Waals surface area contributed by atoms with Gasteiger partial charge in [-0.05, 0) is 18.8 Å².